The Bertz CT molecular complexity index is 653. The molecule has 3 amide bonds. The zero-order chi connectivity index (χ0) is 17.5. The van der Waals surface area contributed by atoms with Gasteiger partial charge in [-0.15, -0.1) is 0 Å². The fraction of sp³-hybridized carbons (Fsp3) is 0.579. The van der Waals surface area contributed by atoms with Crippen molar-refractivity contribution in [3.05, 3.63) is 35.4 Å². The lowest BCUT2D eigenvalue weighted by Gasteiger charge is -2.39. The SMILES string of the molecule is CC1(C)CC2CC(C)(CN2C(=O)c2ccc(CNC(N)=O)cc2)C1. The summed E-state index contributed by atoms with van der Waals surface area (Å²) in [6.45, 7) is 8.16. The van der Waals surface area contributed by atoms with Crippen LogP contribution in [-0.4, -0.2) is 29.4 Å². The predicted molar refractivity (Wildman–Crippen MR) is 93.4 cm³/mol. The first kappa shape index (κ1) is 16.8. The molecule has 5 nitrogen and oxygen atoms in total. The van der Waals surface area contributed by atoms with E-state index in [9.17, 15) is 9.59 Å². The number of nitrogens with zero attached hydrogens (tertiary/aromatic N) is 1. The molecule has 0 spiro atoms. The van der Waals surface area contributed by atoms with Crippen molar-refractivity contribution in [2.75, 3.05) is 6.54 Å². The number of amides is 3. The first-order valence-corrected chi connectivity index (χ1v) is 8.61. The molecule has 2 atom stereocenters. The number of carbonyl (C=O) groups is 2. The molecule has 0 aromatic heterocycles. The van der Waals surface area contributed by atoms with Crippen LogP contribution in [0.1, 0.15) is 56.0 Å². The van der Waals surface area contributed by atoms with Gasteiger partial charge in [0.15, 0.2) is 0 Å². The van der Waals surface area contributed by atoms with Crippen molar-refractivity contribution in [2.45, 2.75) is 52.6 Å². The summed E-state index contributed by atoms with van der Waals surface area (Å²) in [4.78, 5) is 25.8. The molecule has 1 heterocycles. The van der Waals surface area contributed by atoms with E-state index in [1.807, 2.05) is 24.3 Å². The van der Waals surface area contributed by atoms with E-state index in [1.54, 1.807) is 0 Å². The number of urea groups is 1. The third kappa shape index (κ3) is 3.40. The highest BCUT2D eigenvalue weighted by molar-refractivity contribution is 5.94. The molecule has 5 heteroatoms. The molecule has 1 aliphatic carbocycles. The molecule has 1 saturated carbocycles. The van der Waals surface area contributed by atoms with Crippen LogP contribution >= 0.6 is 0 Å². The smallest absolute Gasteiger partial charge is 0.312 e. The van der Waals surface area contributed by atoms with Gasteiger partial charge in [0.2, 0.25) is 0 Å². The lowest BCUT2D eigenvalue weighted by Crippen LogP contribution is -2.37. The highest BCUT2D eigenvalue weighted by atomic mass is 16.2. The molecule has 1 saturated heterocycles. The van der Waals surface area contributed by atoms with Crippen molar-refractivity contribution in [3.63, 3.8) is 0 Å². The summed E-state index contributed by atoms with van der Waals surface area (Å²) < 4.78 is 0. The lowest BCUT2D eigenvalue weighted by molar-refractivity contribution is 0.0708. The molecular formula is C19H27N3O2. The van der Waals surface area contributed by atoms with Crippen LogP contribution in [0.5, 0.6) is 0 Å². The number of nitrogens with one attached hydrogen (secondary N) is 1. The molecule has 1 aromatic rings. The van der Waals surface area contributed by atoms with Crippen molar-refractivity contribution in [1.29, 1.82) is 0 Å². The molecule has 130 valence electrons. The van der Waals surface area contributed by atoms with Crippen molar-refractivity contribution in [3.8, 4) is 0 Å². The van der Waals surface area contributed by atoms with Gasteiger partial charge in [0.05, 0.1) is 0 Å². The summed E-state index contributed by atoms with van der Waals surface area (Å²) in [6, 6.07) is 7.23. The number of hydrogen-bond donors (Lipinski definition) is 2. The van der Waals surface area contributed by atoms with E-state index in [1.165, 1.54) is 6.42 Å². The average molecular weight is 329 g/mol. The minimum atomic E-state index is -0.546. The maximum atomic E-state index is 13.0. The topological polar surface area (TPSA) is 75.4 Å². The molecule has 2 bridgehead atoms. The summed E-state index contributed by atoms with van der Waals surface area (Å²) in [5, 5.41) is 2.55. The van der Waals surface area contributed by atoms with Crippen LogP contribution in [0.4, 0.5) is 4.79 Å². The van der Waals surface area contributed by atoms with E-state index in [0.717, 1.165) is 24.9 Å². The van der Waals surface area contributed by atoms with Crippen molar-refractivity contribution >= 4 is 11.9 Å². The Morgan fingerprint density at radius 3 is 2.50 bits per heavy atom. The Hall–Kier alpha value is -2.04. The van der Waals surface area contributed by atoms with Gasteiger partial charge in [-0.25, -0.2) is 4.79 Å². The zero-order valence-electron chi connectivity index (χ0n) is 14.8. The summed E-state index contributed by atoms with van der Waals surface area (Å²) in [6.07, 6.45) is 3.37. The van der Waals surface area contributed by atoms with Crippen LogP contribution < -0.4 is 11.1 Å². The summed E-state index contributed by atoms with van der Waals surface area (Å²) >= 11 is 0. The number of benzene rings is 1. The molecule has 1 aliphatic heterocycles. The Balaban J connectivity index is 1.72. The Kier molecular flexibility index (Phi) is 4.06. The number of nitrogens with two attached hydrogens (primary N) is 1. The number of rotatable bonds is 3. The number of primary amides is 1. The second-order valence-electron chi connectivity index (χ2n) is 8.56. The quantitative estimate of drug-likeness (QED) is 0.894. The molecule has 2 unspecified atom stereocenters. The number of fused-ring (bicyclic) bond motifs is 2. The fourth-order valence-electron chi connectivity index (χ4n) is 4.82. The Labute approximate surface area is 143 Å². The molecule has 2 fully saturated rings. The second-order valence-corrected chi connectivity index (χ2v) is 8.56. The standard InChI is InChI=1S/C19H27N3O2/c1-18(2)8-15-9-19(3,11-18)12-22(15)16(23)14-6-4-13(5-7-14)10-21-17(20)24/h4-7,15H,8-12H2,1-3H3,(H3,20,21,24). The molecule has 3 rings (SSSR count). The average Bonchev–Trinajstić information content (AvgIpc) is 2.74. The van der Waals surface area contributed by atoms with Crippen LogP contribution in [0, 0.1) is 10.8 Å². The second kappa shape index (κ2) is 5.80. The molecule has 24 heavy (non-hydrogen) atoms. The van der Waals surface area contributed by atoms with Gasteiger partial charge >= 0.3 is 6.03 Å². The highest BCUT2D eigenvalue weighted by Crippen LogP contribution is 2.52. The van der Waals surface area contributed by atoms with Gasteiger partial charge in [-0.2, -0.15) is 0 Å². The van der Waals surface area contributed by atoms with Gasteiger partial charge < -0.3 is 16.0 Å². The number of likely N-dealkylation sites (tertiary alicyclic amines) is 1. The van der Waals surface area contributed by atoms with Crippen molar-refractivity contribution in [2.24, 2.45) is 16.6 Å². The molecule has 1 aromatic carbocycles. The van der Waals surface area contributed by atoms with Crippen molar-refractivity contribution < 1.29 is 9.59 Å². The van der Waals surface area contributed by atoms with E-state index < -0.39 is 6.03 Å². The highest BCUT2D eigenvalue weighted by Gasteiger charge is 2.50. The first-order valence-electron chi connectivity index (χ1n) is 8.61. The fourth-order valence-corrected chi connectivity index (χ4v) is 4.82. The zero-order valence-corrected chi connectivity index (χ0v) is 14.8. The van der Waals surface area contributed by atoms with E-state index >= 15 is 0 Å². The molecular weight excluding hydrogens is 302 g/mol. The van der Waals surface area contributed by atoms with E-state index in [4.69, 9.17) is 5.73 Å². The third-order valence-corrected chi connectivity index (χ3v) is 5.34. The number of carbonyl (C=O) groups excluding carboxylic acids is 2. The predicted octanol–water partition coefficient (Wildman–Crippen LogP) is 2.90. The normalized spacial score (nSPS) is 27.8. The van der Waals surface area contributed by atoms with Crippen LogP contribution in [-0.2, 0) is 6.54 Å². The van der Waals surface area contributed by atoms with Gasteiger partial charge in [0, 0.05) is 24.7 Å². The van der Waals surface area contributed by atoms with Crippen LogP contribution in [0.3, 0.4) is 0 Å². The maximum Gasteiger partial charge on any atom is 0.312 e. The first-order chi connectivity index (χ1) is 11.2. The van der Waals surface area contributed by atoms with Crippen LogP contribution in [0.2, 0.25) is 0 Å². The van der Waals surface area contributed by atoms with E-state index in [-0.39, 0.29) is 11.3 Å². The Morgan fingerprint density at radius 2 is 1.88 bits per heavy atom. The molecule has 3 N–H and O–H groups in total. The summed E-state index contributed by atoms with van der Waals surface area (Å²) in [5.74, 6) is 0.121. The lowest BCUT2D eigenvalue weighted by atomic mass is 9.65. The largest absolute Gasteiger partial charge is 0.352 e. The van der Waals surface area contributed by atoms with Gasteiger partial charge in [-0.05, 0) is 47.8 Å². The monoisotopic (exact) mass is 329 g/mol. The van der Waals surface area contributed by atoms with Gasteiger partial charge in [0.25, 0.3) is 5.91 Å². The van der Waals surface area contributed by atoms with Crippen LogP contribution in [0.15, 0.2) is 24.3 Å². The molecule has 2 aliphatic rings. The van der Waals surface area contributed by atoms with Gasteiger partial charge in [-0.3, -0.25) is 4.79 Å². The van der Waals surface area contributed by atoms with E-state index in [2.05, 4.69) is 31.0 Å². The summed E-state index contributed by atoms with van der Waals surface area (Å²) in [7, 11) is 0. The number of hydrogen-bond acceptors (Lipinski definition) is 2. The third-order valence-electron chi connectivity index (χ3n) is 5.34. The minimum absolute atomic E-state index is 0.121. The maximum absolute atomic E-state index is 13.0. The van der Waals surface area contributed by atoms with Gasteiger partial charge in [-0.1, -0.05) is 32.9 Å². The van der Waals surface area contributed by atoms with Gasteiger partial charge in [0.1, 0.15) is 0 Å². The van der Waals surface area contributed by atoms with Crippen LogP contribution in [0.25, 0.3) is 0 Å². The molecule has 0 radical (unpaired) electrons. The Morgan fingerprint density at radius 1 is 1.21 bits per heavy atom. The van der Waals surface area contributed by atoms with E-state index in [0.29, 0.717) is 23.6 Å². The minimum Gasteiger partial charge on any atom is -0.352 e. The summed E-state index contributed by atoms with van der Waals surface area (Å²) in [5.41, 5.74) is 7.26. The van der Waals surface area contributed by atoms with Crippen molar-refractivity contribution in [1.82, 2.24) is 10.2 Å².